The maximum Gasteiger partial charge on any atom is 0.164 e. The SMILES string of the molecule is CC1CCCC(C)N1Nc1ncnc(N)c1Cl. The van der Waals surface area contributed by atoms with E-state index in [0.717, 1.165) is 0 Å². The molecule has 0 aliphatic carbocycles. The van der Waals surface area contributed by atoms with E-state index >= 15 is 0 Å². The number of halogens is 1. The minimum atomic E-state index is 0.307. The lowest BCUT2D eigenvalue weighted by Gasteiger charge is -2.39. The van der Waals surface area contributed by atoms with E-state index in [4.69, 9.17) is 17.3 Å². The first kappa shape index (κ1) is 12.4. The van der Waals surface area contributed by atoms with Crippen LogP contribution in [0.2, 0.25) is 5.02 Å². The molecule has 0 radical (unpaired) electrons. The van der Waals surface area contributed by atoms with Crippen LogP contribution in [0.5, 0.6) is 0 Å². The summed E-state index contributed by atoms with van der Waals surface area (Å²) < 4.78 is 0. The molecule has 1 saturated heterocycles. The van der Waals surface area contributed by atoms with Gasteiger partial charge in [-0.2, -0.15) is 0 Å². The molecule has 0 spiro atoms. The van der Waals surface area contributed by atoms with E-state index in [9.17, 15) is 0 Å². The van der Waals surface area contributed by atoms with Crippen LogP contribution in [-0.2, 0) is 0 Å². The zero-order chi connectivity index (χ0) is 12.4. The van der Waals surface area contributed by atoms with Gasteiger partial charge in [0.1, 0.15) is 17.2 Å². The highest BCUT2D eigenvalue weighted by Gasteiger charge is 2.25. The zero-order valence-corrected chi connectivity index (χ0v) is 10.9. The highest BCUT2D eigenvalue weighted by atomic mass is 35.5. The largest absolute Gasteiger partial charge is 0.382 e. The highest BCUT2D eigenvalue weighted by molar-refractivity contribution is 6.35. The topological polar surface area (TPSA) is 67.1 Å². The van der Waals surface area contributed by atoms with Crippen molar-refractivity contribution in [3.63, 3.8) is 0 Å². The second kappa shape index (κ2) is 5.06. The van der Waals surface area contributed by atoms with Gasteiger partial charge in [-0.05, 0) is 26.7 Å². The highest BCUT2D eigenvalue weighted by Crippen LogP contribution is 2.27. The minimum absolute atomic E-state index is 0.307. The van der Waals surface area contributed by atoms with Crippen molar-refractivity contribution in [3.05, 3.63) is 11.3 Å². The van der Waals surface area contributed by atoms with Crippen molar-refractivity contribution in [3.8, 4) is 0 Å². The number of rotatable bonds is 2. The van der Waals surface area contributed by atoms with Crippen LogP contribution in [0.3, 0.4) is 0 Å². The molecule has 3 N–H and O–H groups in total. The van der Waals surface area contributed by atoms with Crippen molar-refractivity contribution < 1.29 is 0 Å². The molecular formula is C11H18ClN5. The van der Waals surface area contributed by atoms with Gasteiger partial charge in [-0.1, -0.05) is 18.0 Å². The monoisotopic (exact) mass is 255 g/mol. The van der Waals surface area contributed by atoms with Crippen LogP contribution in [-0.4, -0.2) is 27.1 Å². The Bertz CT molecular complexity index is 387. The fraction of sp³-hybridized carbons (Fsp3) is 0.636. The van der Waals surface area contributed by atoms with Gasteiger partial charge in [-0.15, -0.1) is 0 Å². The summed E-state index contributed by atoms with van der Waals surface area (Å²) in [7, 11) is 0. The molecule has 5 nitrogen and oxygen atoms in total. The van der Waals surface area contributed by atoms with Crippen molar-refractivity contribution in [2.24, 2.45) is 0 Å². The van der Waals surface area contributed by atoms with E-state index in [1.54, 1.807) is 0 Å². The number of nitrogen functional groups attached to an aromatic ring is 1. The Morgan fingerprint density at radius 2 is 2.00 bits per heavy atom. The third-order valence-electron chi connectivity index (χ3n) is 3.24. The van der Waals surface area contributed by atoms with Crippen LogP contribution >= 0.6 is 11.6 Å². The van der Waals surface area contributed by atoms with Crippen molar-refractivity contribution in [2.75, 3.05) is 11.2 Å². The molecule has 0 saturated carbocycles. The Kier molecular flexibility index (Phi) is 3.69. The van der Waals surface area contributed by atoms with Gasteiger partial charge in [-0.3, -0.25) is 0 Å². The van der Waals surface area contributed by atoms with E-state index in [1.165, 1.54) is 25.6 Å². The lowest BCUT2D eigenvalue weighted by atomic mass is 10.00. The van der Waals surface area contributed by atoms with Crippen molar-refractivity contribution >= 4 is 23.2 Å². The van der Waals surface area contributed by atoms with Crippen molar-refractivity contribution in [1.29, 1.82) is 0 Å². The van der Waals surface area contributed by atoms with Crippen LogP contribution in [0.4, 0.5) is 11.6 Å². The summed E-state index contributed by atoms with van der Waals surface area (Å²) >= 11 is 6.07. The van der Waals surface area contributed by atoms with Gasteiger partial charge < -0.3 is 11.2 Å². The Morgan fingerprint density at radius 1 is 1.35 bits per heavy atom. The first-order chi connectivity index (χ1) is 8.09. The molecule has 1 aromatic heterocycles. The molecule has 0 amide bonds. The molecule has 1 aliphatic heterocycles. The molecular weight excluding hydrogens is 238 g/mol. The van der Waals surface area contributed by atoms with Crippen LogP contribution in [0, 0.1) is 0 Å². The third kappa shape index (κ3) is 2.61. The molecule has 0 aromatic carbocycles. The lowest BCUT2D eigenvalue weighted by Crippen LogP contribution is -2.47. The number of nitrogens with one attached hydrogen (secondary N) is 1. The van der Waals surface area contributed by atoms with E-state index in [-0.39, 0.29) is 0 Å². The van der Waals surface area contributed by atoms with Crippen LogP contribution in [0.25, 0.3) is 0 Å². The summed E-state index contributed by atoms with van der Waals surface area (Å²) in [5.41, 5.74) is 8.91. The summed E-state index contributed by atoms with van der Waals surface area (Å²) in [6.45, 7) is 4.39. The van der Waals surface area contributed by atoms with E-state index in [2.05, 4.69) is 34.3 Å². The van der Waals surface area contributed by atoms with Gasteiger partial charge >= 0.3 is 0 Å². The molecule has 1 aromatic rings. The number of anilines is 2. The Morgan fingerprint density at radius 3 is 2.65 bits per heavy atom. The number of piperidine rings is 1. The molecule has 1 aliphatic rings. The molecule has 2 unspecified atom stereocenters. The van der Waals surface area contributed by atoms with Gasteiger partial charge in [0, 0.05) is 12.1 Å². The molecule has 1 fully saturated rings. The summed E-state index contributed by atoms with van der Waals surface area (Å²) in [6, 6.07) is 0.928. The quantitative estimate of drug-likeness (QED) is 0.849. The summed E-state index contributed by atoms with van der Waals surface area (Å²) in [5.74, 6) is 0.890. The summed E-state index contributed by atoms with van der Waals surface area (Å²) in [6.07, 6.45) is 5.04. The normalized spacial score (nSPS) is 25.8. The van der Waals surface area contributed by atoms with E-state index < -0.39 is 0 Å². The molecule has 17 heavy (non-hydrogen) atoms. The Labute approximate surface area is 106 Å². The predicted molar refractivity (Wildman–Crippen MR) is 69.7 cm³/mol. The summed E-state index contributed by atoms with van der Waals surface area (Å²) in [4.78, 5) is 7.97. The smallest absolute Gasteiger partial charge is 0.164 e. The van der Waals surface area contributed by atoms with Gasteiger partial charge in [0.25, 0.3) is 0 Å². The van der Waals surface area contributed by atoms with Gasteiger partial charge in [0.2, 0.25) is 0 Å². The van der Waals surface area contributed by atoms with E-state index in [0.29, 0.717) is 28.7 Å². The maximum atomic E-state index is 6.07. The Hall–Kier alpha value is -1.07. The molecule has 2 atom stereocenters. The lowest BCUT2D eigenvalue weighted by molar-refractivity contribution is 0.135. The van der Waals surface area contributed by atoms with Crippen LogP contribution in [0.1, 0.15) is 33.1 Å². The van der Waals surface area contributed by atoms with Crippen molar-refractivity contribution in [1.82, 2.24) is 15.0 Å². The number of nitrogens with two attached hydrogens (primary N) is 1. The van der Waals surface area contributed by atoms with Gasteiger partial charge in [-0.25, -0.2) is 15.0 Å². The molecule has 6 heteroatoms. The first-order valence-corrected chi connectivity index (χ1v) is 6.28. The average Bonchev–Trinajstić information content (AvgIpc) is 2.29. The second-order valence-electron chi connectivity index (χ2n) is 4.57. The Balaban J connectivity index is 2.16. The molecule has 2 rings (SSSR count). The average molecular weight is 256 g/mol. The molecule has 0 bridgehead atoms. The third-order valence-corrected chi connectivity index (χ3v) is 3.62. The number of aromatic nitrogens is 2. The maximum absolute atomic E-state index is 6.07. The number of nitrogens with zero attached hydrogens (tertiary/aromatic N) is 3. The fourth-order valence-electron chi connectivity index (χ4n) is 2.23. The molecule has 94 valence electrons. The molecule has 2 heterocycles. The minimum Gasteiger partial charge on any atom is -0.382 e. The van der Waals surface area contributed by atoms with Gasteiger partial charge in [0.05, 0.1) is 0 Å². The number of hydrogen-bond acceptors (Lipinski definition) is 5. The van der Waals surface area contributed by atoms with Crippen molar-refractivity contribution in [2.45, 2.75) is 45.2 Å². The van der Waals surface area contributed by atoms with Gasteiger partial charge in [0.15, 0.2) is 5.82 Å². The van der Waals surface area contributed by atoms with Crippen LogP contribution in [0.15, 0.2) is 6.33 Å². The van der Waals surface area contributed by atoms with E-state index in [1.807, 2.05) is 0 Å². The van der Waals surface area contributed by atoms with Crippen LogP contribution < -0.4 is 11.2 Å². The second-order valence-corrected chi connectivity index (χ2v) is 4.95. The standard InChI is InChI=1S/C11H18ClN5/c1-7-4-3-5-8(2)17(7)16-11-9(12)10(13)14-6-15-11/h6-8H,3-5H2,1-2H3,(H3,13,14,15,16). The first-order valence-electron chi connectivity index (χ1n) is 5.90. The predicted octanol–water partition coefficient (Wildman–Crippen LogP) is 2.30. The zero-order valence-electron chi connectivity index (χ0n) is 10.2. The number of hydrazine groups is 1. The number of hydrogen-bond donors (Lipinski definition) is 2. The summed E-state index contributed by atoms with van der Waals surface area (Å²) in [5, 5.41) is 2.58. The fourth-order valence-corrected chi connectivity index (χ4v) is 2.37.